The highest BCUT2D eigenvalue weighted by molar-refractivity contribution is 5.95. The summed E-state index contributed by atoms with van der Waals surface area (Å²) in [7, 11) is 3.06. The molecular weight excluding hydrogens is 242 g/mol. The number of hydrogen-bond donors (Lipinski definition) is 0. The molecule has 1 aromatic rings. The van der Waals surface area contributed by atoms with E-state index in [0.717, 1.165) is 12.0 Å². The Kier molecular flexibility index (Phi) is 5.55. The third-order valence-corrected chi connectivity index (χ3v) is 3.13. The molecule has 1 aromatic carbocycles. The fraction of sp³-hybridized carbons (Fsp3) is 0.467. The molecule has 0 aliphatic rings. The number of methoxy groups -OCH3 is 1. The molecule has 0 radical (unpaired) electrons. The quantitative estimate of drug-likeness (QED) is 0.765. The van der Waals surface area contributed by atoms with Gasteiger partial charge in [-0.3, -0.25) is 9.59 Å². The minimum atomic E-state index is -0.326. The van der Waals surface area contributed by atoms with Crippen LogP contribution in [0.15, 0.2) is 24.3 Å². The summed E-state index contributed by atoms with van der Waals surface area (Å²) < 4.78 is 4.67. The van der Waals surface area contributed by atoms with Crippen molar-refractivity contribution in [2.75, 3.05) is 20.7 Å². The standard InChI is InChI=1S/C15H21NO3/c1-5-12-8-6-7-9-13(12)14(17)16(3)10-11(2)15(18)19-4/h6-9,11H,5,10H2,1-4H3. The van der Waals surface area contributed by atoms with E-state index in [9.17, 15) is 9.59 Å². The van der Waals surface area contributed by atoms with E-state index in [-0.39, 0.29) is 17.8 Å². The Hall–Kier alpha value is -1.84. The molecular formula is C15H21NO3. The van der Waals surface area contributed by atoms with Crippen molar-refractivity contribution >= 4 is 11.9 Å². The van der Waals surface area contributed by atoms with Crippen LogP contribution in [-0.4, -0.2) is 37.5 Å². The fourth-order valence-corrected chi connectivity index (χ4v) is 2.01. The van der Waals surface area contributed by atoms with Gasteiger partial charge < -0.3 is 9.64 Å². The van der Waals surface area contributed by atoms with E-state index in [1.807, 2.05) is 31.2 Å². The van der Waals surface area contributed by atoms with Crippen molar-refractivity contribution in [3.63, 3.8) is 0 Å². The average molecular weight is 263 g/mol. The van der Waals surface area contributed by atoms with Gasteiger partial charge in [0.25, 0.3) is 5.91 Å². The molecule has 0 aromatic heterocycles. The van der Waals surface area contributed by atoms with E-state index in [1.165, 1.54) is 7.11 Å². The van der Waals surface area contributed by atoms with Gasteiger partial charge >= 0.3 is 5.97 Å². The van der Waals surface area contributed by atoms with Gasteiger partial charge in [0.15, 0.2) is 0 Å². The number of hydrogen-bond acceptors (Lipinski definition) is 3. The van der Waals surface area contributed by atoms with Crippen molar-refractivity contribution in [1.29, 1.82) is 0 Å². The number of carbonyl (C=O) groups excluding carboxylic acids is 2. The van der Waals surface area contributed by atoms with Crippen LogP contribution in [0.3, 0.4) is 0 Å². The van der Waals surface area contributed by atoms with Gasteiger partial charge in [0.05, 0.1) is 13.0 Å². The molecule has 0 spiro atoms. The van der Waals surface area contributed by atoms with Crippen molar-refractivity contribution in [3.8, 4) is 0 Å². The summed E-state index contributed by atoms with van der Waals surface area (Å²) >= 11 is 0. The van der Waals surface area contributed by atoms with Gasteiger partial charge in [0.1, 0.15) is 0 Å². The van der Waals surface area contributed by atoms with Crippen molar-refractivity contribution in [2.45, 2.75) is 20.3 Å². The molecule has 0 bridgehead atoms. The highest BCUT2D eigenvalue weighted by Crippen LogP contribution is 2.13. The lowest BCUT2D eigenvalue weighted by Crippen LogP contribution is -2.34. The lowest BCUT2D eigenvalue weighted by atomic mass is 10.0. The van der Waals surface area contributed by atoms with E-state index in [1.54, 1.807) is 18.9 Å². The number of nitrogens with zero attached hydrogens (tertiary/aromatic N) is 1. The summed E-state index contributed by atoms with van der Waals surface area (Å²) in [5, 5.41) is 0. The normalized spacial score (nSPS) is 11.8. The first-order valence-corrected chi connectivity index (χ1v) is 6.42. The topological polar surface area (TPSA) is 46.6 Å². The highest BCUT2D eigenvalue weighted by atomic mass is 16.5. The van der Waals surface area contributed by atoms with Crippen LogP contribution in [0.2, 0.25) is 0 Å². The SMILES string of the molecule is CCc1ccccc1C(=O)N(C)CC(C)C(=O)OC. The van der Waals surface area contributed by atoms with Gasteiger partial charge in [-0.05, 0) is 18.1 Å². The molecule has 0 aliphatic heterocycles. The Balaban J connectivity index is 2.79. The Labute approximate surface area is 114 Å². The Bertz CT molecular complexity index is 456. The van der Waals surface area contributed by atoms with E-state index in [0.29, 0.717) is 12.1 Å². The van der Waals surface area contributed by atoms with E-state index in [2.05, 4.69) is 4.74 Å². The van der Waals surface area contributed by atoms with Gasteiger partial charge in [-0.1, -0.05) is 32.0 Å². The zero-order valence-electron chi connectivity index (χ0n) is 12.0. The molecule has 104 valence electrons. The molecule has 4 heteroatoms. The lowest BCUT2D eigenvalue weighted by Gasteiger charge is -2.21. The largest absolute Gasteiger partial charge is 0.469 e. The first kappa shape index (κ1) is 15.2. The van der Waals surface area contributed by atoms with Crippen LogP contribution in [0.25, 0.3) is 0 Å². The maximum Gasteiger partial charge on any atom is 0.310 e. The van der Waals surface area contributed by atoms with Crippen LogP contribution in [0.5, 0.6) is 0 Å². The van der Waals surface area contributed by atoms with E-state index >= 15 is 0 Å². The molecule has 19 heavy (non-hydrogen) atoms. The maximum absolute atomic E-state index is 12.3. The maximum atomic E-state index is 12.3. The van der Waals surface area contributed by atoms with Gasteiger partial charge in [-0.2, -0.15) is 0 Å². The molecule has 0 saturated heterocycles. The second kappa shape index (κ2) is 6.92. The van der Waals surface area contributed by atoms with E-state index < -0.39 is 0 Å². The van der Waals surface area contributed by atoms with Crippen LogP contribution in [0.1, 0.15) is 29.8 Å². The Morgan fingerprint density at radius 2 is 1.95 bits per heavy atom. The van der Waals surface area contributed by atoms with Crippen molar-refractivity contribution < 1.29 is 14.3 Å². The number of carbonyl (C=O) groups is 2. The second-order valence-corrected chi connectivity index (χ2v) is 4.62. The predicted octanol–water partition coefficient (Wildman–Crippen LogP) is 2.13. The van der Waals surface area contributed by atoms with E-state index in [4.69, 9.17) is 0 Å². The number of ether oxygens (including phenoxy) is 1. The third kappa shape index (κ3) is 3.81. The van der Waals surface area contributed by atoms with Gasteiger partial charge in [0, 0.05) is 19.2 Å². The third-order valence-electron chi connectivity index (χ3n) is 3.13. The average Bonchev–Trinajstić information content (AvgIpc) is 2.45. The monoisotopic (exact) mass is 263 g/mol. The summed E-state index contributed by atoms with van der Waals surface area (Å²) in [6.07, 6.45) is 0.808. The molecule has 1 amide bonds. The predicted molar refractivity (Wildman–Crippen MR) is 74.0 cm³/mol. The number of rotatable bonds is 5. The van der Waals surface area contributed by atoms with Crippen molar-refractivity contribution in [2.24, 2.45) is 5.92 Å². The molecule has 0 N–H and O–H groups in total. The summed E-state index contributed by atoms with van der Waals surface area (Å²) in [5.74, 6) is -0.690. The first-order valence-electron chi connectivity index (χ1n) is 6.42. The molecule has 4 nitrogen and oxygen atoms in total. The van der Waals surface area contributed by atoms with Crippen LogP contribution >= 0.6 is 0 Å². The molecule has 0 fully saturated rings. The Morgan fingerprint density at radius 3 is 2.53 bits per heavy atom. The fourth-order valence-electron chi connectivity index (χ4n) is 2.01. The van der Waals surface area contributed by atoms with Crippen molar-refractivity contribution in [1.82, 2.24) is 4.90 Å². The summed E-state index contributed by atoms with van der Waals surface area (Å²) in [6.45, 7) is 4.12. The zero-order valence-corrected chi connectivity index (χ0v) is 12.0. The smallest absolute Gasteiger partial charge is 0.310 e. The minimum absolute atomic E-state index is 0.0618. The van der Waals surface area contributed by atoms with Crippen LogP contribution in [0, 0.1) is 5.92 Å². The number of aryl methyl sites for hydroxylation is 1. The summed E-state index contributed by atoms with van der Waals surface area (Å²) in [6, 6.07) is 7.54. The van der Waals surface area contributed by atoms with Crippen LogP contribution in [-0.2, 0) is 16.0 Å². The molecule has 0 heterocycles. The summed E-state index contributed by atoms with van der Waals surface area (Å²) in [5.41, 5.74) is 1.72. The highest BCUT2D eigenvalue weighted by Gasteiger charge is 2.20. The molecule has 0 aliphatic carbocycles. The van der Waals surface area contributed by atoms with Crippen LogP contribution < -0.4 is 0 Å². The zero-order chi connectivity index (χ0) is 14.4. The molecule has 1 rings (SSSR count). The first-order chi connectivity index (χ1) is 9.01. The minimum Gasteiger partial charge on any atom is -0.469 e. The summed E-state index contributed by atoms with van der Waals surface area (Å²) in [4.78, 5) is 25.3. The van der Waals surface area contributed by atoms with Crippen molar-refractivity contribution in [3.05, 3.63) is 35.4 Å². The van der Waals surface area contributed by atoms with Crippen LogP contribution in [0.4, 0.5) is 0 Å². The number of esters is 1. The number of amides is 1. The van der Waals surface area contributed by atoms with Gasteiger partial charge in [-0.25, -0.2) is 0 Å². The second-order valence-electron chi connectivity index (χ2n) is 4.62. The number of benzene rings is 1. The van der Waals surface area contributed by atoms with Gasteiger partial charge in [-0.15, -0.1) is 0 Å². The molecule has 1 atom stereocenters. The van der Waals surface area contributed by atoms with Gasteiger partial charge in [0.2, 0.25) is 0 Å². The molecule has 0 saturated carbocycles. The Morgan fingerprint density at radius 1 is 1.32 bits per heavy atom. The lowest BCUT2D eigenvalue weighted by molar-refractivity contribution is -0.145. The molecule has 1 unspecified atom stereocenters.